The maximum Gasteiger partial charge on any atom is 0.145 e. The number of nitrogens with zero attached hydrogens (tertiary/aromatic N) is 2. The normalized spacial score (nSPS) is 15.3. The van der Waals surface area contributed by atoms with Crippen LogP contribution in [0, 0.1) is 0 Å². The van der Waals surface area contributed by atoms with Crippen molar-refractivity contribution in [2.24, 2.45) is 9.98 Å². The summed E-state index contributed by atoms with van der Waals surface area (Å²) in [6.45, 7) is 3.49. The van der Waals surface area contributed by atoms with Gasteiger partial charge >= 0.3 is 0 Å². The topological polar surface area (TPSA) is 73.8 Å². The maximum atomic E-state index is 6.00. The first-order valence-corrected chi connectivity index (χ1v) is 11.6. The minimum absolute atomic E-state index is 0.809. The van der Waals surface area contributed by atoms with Crippen LogP contribution < -0.4 is 15.4 Å². The molecule has 6 rings (SSSR count). The van der Waals surface area contributed by atoms with E-state index in [2.05, 4.69) is 74.2 Å². The van der Waals surface area contributed by atoms with Crippen LogP contribution in [0.15, 0.2) is 82.8 Å². The lowest BCUT2D eigenvalue weighted by Gasteiger charge is -2.07. The largest absolute Gasteiger partial charge is 0.457 e. The van der Waals surface area contributed by atoms with E-state index in [0.717, 1.165) is 77.3 Å². The van der Waals surface area contributed by atoms with Crippen LogP contribution in [0.5, 0.6) is 11.5 Å². The Bertz CT molecular complexity index is 1410. The van der Waals surface area contributed by atoms with Gasteiger partial charge in [-0.1, -0.05) is 30.4 Å². The van der Waals surface area contributed by atoms with Gasteiger partial charge in [0.1, 0.15) is 23.2 Å². The molecule has 34 heavy (non-hydrogen) atoms. The molecule has 4 aromatic rings. The fourth-order valence-electron chi connectivity index (χ4n) is 4.21. The van der Waals surface area contributed by atoms with Gasteiger partial charge in [-0.2, -0.15) is 0 Å². The molecular formula is C28H25N5O. The molecule has 0 atom stereocenters. The molecule has 0 fully saturated rings. The zero-order valence-corrected chi connectivity index (χ0v) is 18.7. The number of fused-ring (bicyclic) bond motifs is 1. The van der Waals surface area contributed by atoms with E-state index in [4.69, 9.17) is 4.74 Å². The fraction of sp³-hybridized carbons (Fsp3) is 0.143. The fourth-order valence-corrected chi connectivity index (χ4v) is 4.21. The third-order valence-electron chi connectivity index (χ3n) is 5.96. The van der Waals surface area contributed by atoms with Gasteiger partial charge in [-0.15, -0.1) is 0 Å². The molecule has 3 N–H and O–H groups in total. The molecular weight excluding hydrogens is 422 g/mol. The van der Waals surface area contributed by atoms with Gasteiger partial charge in [-0.05, 0) is 65.7 Å². The third-order valence-corrected chi connectivity index (χ3v) is 5.96. The van der Waals surface area contributed by atoms with E-state index in [0.29, 0.717) is 0 Å². The zero-order chi connectivity index (χ0) is 22.7. The highest BCUT2D eigenvalue weighted by Crippen LogP contribution is 2.24. The summed E-state index contributed by atoms with van der Waals surface area (Å²) in [6, 6.07) is 24.7. The first kappa shape index (κ1) is 20.3. The molecule has 0 aliphatic carbocycles. The number of H-pyrrole nitrogens is 1. The van der Waals surface area contributed by atoms with Crippen molar-refractivity contribution in [2.75, 3.05) is 26.2 Å². The van der Waals surface area contributed by atoms with Crippen LogP contribution in [0.25, 0.3) is 23.1 Å². The second kappa shape index (κ2) is 8.90. The van der Waals surface area contributed by atoms with E-state index in [-0.39, 0.29) is 0 Å². The van der Waals surface area contributed by atoms with Gasteiger partial charge in [0.2, 0.25) is 0 Å². The van der Waals surface area contributed by atoms with Crippen molar-refractivity contribution in [1.29, 1.82) is 0 Å². The molecule has 2 aliphatic rings. The summed E-state index contributed by atoms with van der Waals surface area (Å²) in [7, 11) is 0. The number of aromatic nitrogens is 1. The average molecular weight is 448 g/mol. The number of amidine groups is 2. The predicted octanol–water partition coefficient (Wildman–Crippen LogP) is 4.83. The second-order valence-corrected chi connectivity index (χ2v) is 8.37. The van der Waals surface area contributed by atoms with Gasteiger partial charge in [0.15, 0.2) is 0 Å². The van der Waals surface area contributed by atoms with Crippen molar-refractivity contribution < 1.29 is 4.74 Å². The quantitative estimate of drug-likeness (QED) is 0.371. The minimum atomic E-state index is 0.809. The van der Waals surface area contributed by atoms with Gasteiger partial charge in [0.05, 0.1) is 18.8 Å². The number of ether oxygens (including phenoxy) is 1. The maximum absolute atomic E-state index is 6.00. The second-order valence-electron chi connectivity index (χ2n) is 8.37. The number of benzene rings is 3. The Kier molecular flexibility index (Phi) is 5.32. The number of hydrogen-bond acceptors (Lipinski definition) is 5. The molecule has 0 spiro atoms. The van der Waals surface area contributed by atoms with E-state index in [1.807, 2.05) is 36.4 Å². The molecule has 0 bridgehead atoms. The molecule has 168 valence electrons. The highest BCUT2D eigenvalue weighted by Gasteiger charge is 2.11. The summed E-state index contributed by atoms with van der Waals surface area (Å²) in [5, 5.41) is 7.78. The lowest BCUT2D eigenvalue weighted by molar-refractivity contribution is 0.482. The molecule has 0 amide bonds. The number of aliphatic imine (C=N–C) groups is 2. The molecule has 0 saturated carbocycles. The summed E-state index contributed by atoms with van der Waals surface area (Å²) in [6.07, 6.45) is 4.25. The van der Waals surface area contributed by atoms with E-state index in [1.54, 1.807) is 0 Å². The smallest absolute Gasteiger partial charge is 0.145 e. The number of rotatable bonds is 6. The van der Waals surface area contributed by atoms with Crippen molar-refractivity contribution in [1.82, 2.24) is 15.6 Å². The number of aromatic amines is 1. The molecule has 0 saturated heterocycles. The molecule has 3 heterocycles. The van der Waals surface area contributed by atoms with Crippen LogP contribution in [0.4, 0.5) is 0 Å². The molecule has 2 aliphatic heterocycles. The summed E-state index contributed by atoms with van der Waals surface area (Å²) in [5.74, 6) is 3.53. The molecule has 6 heteroatoms. The van der Waals surface area contributed by atoms with Gasteiger partial charge < -0.3 is 20.4 Å². The molecule has 6 nitrogen and oxygen atoms in total. The average Bonchev–Trinajstić information content (AvgIpc) is 3.65. The Morgan fingerprint density at radius 1 is 0.676 bits per heavy atom. The van der Waals surface area contributed by atoms with E-state index >= 15 is 0 Å². The van der Waals surface area contributed by atoms with Gasteiger partial charge in [-0.3, -0.25) is 9.98 Å². The van der Waals surface area contributed by atoms with Crippen molar-refractivity contribution in [3.8, 4) is 11.5 Å². The number of nitrogens with one attached hydrogen (secondary N) is 3. The first-order chi connectivity index (χ1) is 16.8. The van der Waals surface area contributed by atoms with E-state index < -0.39 is 0 Å². The summed E-state index contributed by atoms with van der Waals surface area (Å²) in [4.78, 5) is 12.4. The lowest BCUT2D eigenvalue weighted by atomic mass is 10.1. The Labute approximate surface area is 198 Å². The first-order valence-electron chi connectivity index (χ1n) is 11.6. The van der Waals surface area contributed by atoms with Crippen LogP contribution in [0.1, 0.15) is 22.4 Å². The van der Waals surface area contributed by atoms with Crippen LogP contribution in [0.2, 0.25) is 0 Å². The van der Waals surface area contributed by atoms with Gasteiger partial charge in [0.25, 0.3) is 0 Å². The summed E-state index contributed by atoms with van der Waals surface area (Å²) < 4.78 is 6.00. The SMILES string of the molecule is C(=C\c1ccc2[nH]c(C3=NCCN3)cc2c1)/c1ccc(Oc2ccc(C3=NCCN3)cc2)cc1. The van der Waals surface area contributed by atoms with Gasteiger partial charge in [0, 0.05) is 29.6 Å². The third kappa shape index (κ3) is 4.30. The minimum Gasteiger partial charge on any atom is -0.457 e. The molecule has 3 aromatic carbocycles. The van der Waals surface area contributed by atoms with Crippen LogP contribution in [0.3, 0.4) is 0 Å². The van der Waals surface area contributed by atoms with E-state index in [9.17, 15) is 0 Å². The summed E-state index contributed by atoms with van der Waals surface area (Å²) in [5.41, 5.74) is 5.52. The Morgan fingerprint density at radius 2 is 1.32 bits per heavy atom. The summed E-state index contributed by atoms with van der Waals surface area (Å²) >= 11 is 0. The van der Waals surface area contributed by atoms with Crippen LogP contribution >= 0.6 is 0 Å². The van der Waals surface area contributed by atoms with Crippen molar-refractivity contribution in [3.05, 3.63) is 95.2 Å². The Balaban J connectivity index is 1.11. The van der Waals surface area contributed by atoms with Crippen LogP contribution in [-0.2, 0) is 0 Å². The highest BCUT2D eigenvalue weighted by molar-refractivity contribution is 6.02. The Morgan fingerprint density at radius 3 is 2.03 bits per heavy atom. The molecule has 1 aromatic heterocycles. The molecule has 0 unspecified atom stereocenters. The molecule has 0 radical (unpaired) electrons. The van der Waals surface area contributed by atoms with Crippen molar-refractivity contribution >= 4 is 34.7 Å². The van der Waals surface area contributed by atoms with Crippen LogP contribution in [-0.4, -0.2) is 42.8 Å². The Hall–Kier alpha value is -4.32. The predicted molar refractivity (Wildman–Crippen MR) is 139 cm³/mol. The van der Waals surface area contributed by atoms with E-state index in [1.165, 1.54) is 5.39 Å². The zero-order valence-electron chi connectivity index (χ0n) is 18.7. The highest BCUT2D eigenvalue weighted by atomic mass is 16.5. The van der Waals surface area contributed by atoms with Gasteiger partial charge in [-0.25, -0.2) is 0 Å². The number of hydrogen-bond donors (Lipinski definition) is 3. The monoisotopic (exact) mass is 447 g/mol. The van der Waals surface area contributed by atoms with Crippen molar-refractivity contribution in [2.45, 2.75) is 0 Å². The lowest BCUT2D eigenvalue weighted by Crippen LogP contribution is -2.19. The standard InChI is InChI=1S/C28H25N5O/c1(2-20-5-12-25-22(17-20)18-26(33-25)28-31-15-16-32-28)19-3-8-23(9-4-19)34-24-10-6-21(7-11-24)27-29-13-14-30-27/h1-12,17-18,33H,13-16H2,(H,29,30)(H,31,32)/b2-1+. The van der Waals surface area contributed by atoms with Crippen molar-refractivity contribution in [3.63, 3.8) is 0 Å².